The van der Waals surface area contributed by atoms with Gasteiger partial charge in [-0.15, -0.1) is 8.93 Å². The predicted molar refractivity (Wildman–Crippen MR) is 209 cm³/mol. The Labute approximate surface area is 308 Å². The molecule has 11 nitrogen and oxygen atoms in total. The summed E-state index contributed by atoms with van der Waals surface area (Å²) in [5, 5.41) is 20.2. The quantitative estimate of drug-likeness (QED) is 0.0925. The summed E-state index contributed by atoms with van der Waals surface area (Å²) in [5.41, 5.74) is 1.87. The van der Waals surface area contributed by atoms with E-state index in [9.17, 15) is 29.1 Å². The molecule has 1 aromatic heterocycles. The SMILES string of the molecule is CC(=O)N[C@@H](C(=O)N[C@H](Cc1ccc(Cl)cc1)C(=O)C[C@H](Cc1cccnc1)C(=O)N[C@@H](COP(P)PP)C(=O)O)c1ccc2ccccc2c1. The van der Waals surface area contributed by atoms with E-state index < -0.39 is 61.0 Å². The first-order chi connectivity index (χ1) is 24.4. The second kappa shape index (κ2) is 20.0. The number of hydrogen-bond donors (Lipinski definition) is 4. The lowest BCUT2D eigenvalue weighted by molar-refractivity contribution is -0.143. The molecule has 3 aromatic carbocycles. The zero-order valence-electron chi connectivity index (χ0n) is 27.6. The Morgan fingerprint density at radius 2 is 1.59 bits per heavy atom. The molecule has 3 amide bonds. The van der Waals surface area contributed by atoms with Gasteiger partial charge in [0.2, 0.25) is 17.7 Å². The highest BCUT2D eigenvalue weighted by Gasteiger charge is 2.33. The zero-order valence-corrected chi connectivity index (χ0v) is 32.6. The Hall–Kier alpha value is -3.41. The molecule has 4 unspecified atom stereocenters. The minimum atomic E-state index is -1.35. The highest BCUT2D eigenvalue weighted by atomic mass is 35.5. The molecule has 0 saturated heterocycles. The summed E-state index contributed by atoms with van der Waals surface area (Å²) < 4.78 is 5.62. The van der Waals surface area contributed by atoms with Gasteiger partial charge in [0.25, 0.3) is 0 Å². The van der Waals surface area contributed by atoms with Crippen LogP contribution in [0.25, 0.3) is 10.8 Å². The van der Waals surface area contributed by atoms with Crippen LogP contribution in [0, 0.1) is 5.92 Å². The van der Waals surface area contributed by atoms with Gasteiger partial charge in [0.05, 0.1) is 20.2 Å². The molecule has 268 valence electrons. The molecule has 0 aliphatic heterocycles. The molecule has 0 radical (unpaired) electrons. The van der Waals surface area contributed by atoms with Crippen molar-refractivity contribution in [2.45, 2.75) is 44.3 Å². The Morgan fingerprint density at radius 3 is 2.24 bits per heavy atom. The highest BCUT2D eigenvalue weighted by molar-refractivity contribution is 8.59. The molecule has 4 aromatic rings. The Bertz CT molecular complexity index is 1840. The molecular formula is C35H39ClN4O7P4. The third-order valence-electron chi connectivity index (χ3n) is 7.92. The van der Waals surface area contributed by atoms with Crippen LogP contribution in [0.2, 0.25) is 5.02 Å². The molecule has 4 N–H and O–H groups in total. The Morgan fingerprint density at radius 1 is 0.882 bits per heavy atom. The first-order valence-electron chi connectivity index (χ1n) is 15.8. The summed E-state index contributed by atoms with van der Waals surface area (Å²) >= 11 is 6.11. The van der Waals surface area contributed by atoms with E-state index in [1.807, 2.05) is 36.4 Å². The van der Waals surface area contributed by atoms with Gasteiger partial charge in [-0.3, -0.25) is 24.2 Å². The van der Waals surface area contributed by atoms with Gasteiger partial charge in [0.1, 0.15) is 6.04 Å². The van der Waals surface area contributed by atoms with Crippen LogP contribution in [0.5, 0.6) is 0 Å². The van der Waals surface area contributed by atoms with Crippen LogP contribution in [-0.2, 0) is 41.3 Å². The summed E-state index contributed by atoms with van der Waals surface area (Å²) in [7, 11) is 4.47. The van der Waals surface area contributed by atoms with Crippen molar-refractivity contribution in [1.29, 1.82) is 0 Å². The number of pyridine rings is 1. The molecule has 0 fully saturated rings. The molecule has 0 bridgehead atoms. The van der Waals surface area contributed by atoms with Crippen molar-refractivity contribution in [3.63, 3.8) is 0 Å². The van der Waals surface area contributed by atoms with Gasteiger partial charge >= 0.3 is 5.97 Å². The van der Waals surface area contributed by atoms with Crippen molar-refractivity contribution < 1.29 is 33.6 Å². The molecule has 0 saturated carbocycles. The average Bonchev–Trinajstić information content (AvgIpc) is 3.12. The highest BCUT2D eigenvalue weighted by Crippen LogP contribution is 2.66. The van der Waals surface area contributed by atoms with E-state index in [1.54, 1.807) is 54.9 Å². The number of Topliss-reactive ketones (excluding diaryl/α,β-unsaturated/α-hetero) is 1. The van der Waals surface area contributed by atoms with Gasteiger partial charge < -0.3 is 25.6 Å². The van der Waals surface area contributed by atoms with Gasteiger partial charge in [0, 0.05) is 36.7 Å². The molecule has 0 aliphatic carbocycles. The summed E-state index contributed by atoms with van der Waals surface area (Å²) in [5.74, 6) is -4.48. The number of ketones is 1. The summed E-state index contributed by atoms with van der Waals surface area (Å²) in [4.78, 5) is 70.4. The van der Waals surface area contributed by atoms with Gasteiger partial charge in [-0.2, -0.15) is 0 Å². The number of amides is 3. The number of carbonyl (C=O) groups excluding carboxylic acids is 4. The maximum absolute atomic E-state index is 14.2. The van der Waals surface area contributed by atoms with E-state index in [-0.39, 0.29) is 25.9 Å². The lowest BCUT2D eigenvalue weighted by Crippen LogP contribution is -2.50. The third kappa shape index (κ3) is 12.6. The average molecular weight is 787 g/mol. The van der Waals surface area contributed by atoms with Crippen molar-refractivity contribution in [3.8, 4) is 0 Å². The van der Waals surface area contributed by atoms with Crippen molar-refractivity contribution in [3.05, 3.63) is 113 Å². The predicted octanol–water partition coefficient (Wildman–Crippen LogP) is 5.77. The minimum absolute atomic E-state index is 0.0621. The molecular weight excluding hydrogens is 748 g/mol. The number of nitrogens with zero attached hydrogens (tertiary/aromatic N) is 1. The fourth-order valence-corrected chi connectivity index (χ4v) is 7.24. The zero-order chi connectivity index (χ0) is 36.9. The Kier molecular flexibility index (Phi) is 15.8. The van der Waals surface area contributed by atoms with Crippen LogP contribution in [0.3, 0.4) is 0 Å². The van der Waals surface area contributed by atoms with Gasteiger partial charge in [-0.25, -0.2) is 4.79 Å². The molecule has 51 heavy (non-hydrogen) atoms. The number of aliphatic carboxylic acids is 1. The largest absolute Gasteiger partial charge is 0.480 e. The standard InChI is InChI=1S/C35H39ClN4O7P4/c1-21(41)38-32(26-11-10-24-6-2-3-7-25(24)17-26)34(44)39-29(16-22-8-12-28(36)13-9-22)31(42)18-27(15-23-5-4-14-37-19-23)33(43)40-30(35(45)46)20-47-51(49)50-48/h2-14,17,19,27,29-30,32,50H,15-16,18,20,48-49H2,1H3,(H,38,41)(H,39,44)(H,40,43)(H,45,46)/t27-,29+,30-,32+,51?/m0/s1. The molecule has 4 rings (SSSR count). The third-order valence-corrected chi connectivity index (χ3v) is 16.8. The number of carboxylic acids is 1. The normalized spacial score (nSPS) is 14.3. The van der Waals surface area contributed by atoms with E-state index in [1.165, 1.54) is 6.92 Å². The number of aromatic nitrogens is 1. The number of halogens is 1. The Balaban J connectivity index is 1.63. The maximum atomic E-state index is 14.2. The van der Waals surface area contributed by atoms with Crippen molar-refractivity contribution in [1.82, 2.24) is 20.9 Å². The van der Waals surface area contributed by atoms with Gasteiger partial charge in [-0.05, 0) is 72.5 Å². The first kappa shape index (κ1) is 40.4. The number of carboxylic acid groups (broad SMARTS) is 1. The smallest absolute Gasteiger partial charge is 0.328 e. The van der Waals surface area contributed by atoms with Crippen LogP contribution in [0.4, 0.5) is 0 Å². The second-order valence-electron chi connectivity index (χ2n) is 11.7. The van der Waals surface area contributed by atoms with Crippen LogP contribution in [0.1, 0.15) is 36.1 Å². The lowest BCUT2D eigenvalue weighted by atomic mass is 9.89. The monoisotopic (exact) mass is 786 g/mol. The van der Waals surface area contributed by atoms with E-state index in [0.717, 1.165) is 10.8 Å². The van der Waals surface area contributed by atoms with Crippen molar-refractivity contribution in [2.24, 2.45) is 5.92 Å². The first-order valence-corrected chi connectivity index (χ1v) is 22.7. The van der Waals surface area contributed by atoms with Crippen molar-refractivity contribution in [2.75, 3.05) is 6.61 Å². The number of fused-ring (bicyclic) bond motifs is 1. The number of benzene rings is 3. The van der Waals surface area contributed by atoms with Crippen LogP contribution < -0.4 is 16.0 Å². The number of nitrogens with one attached hydrogen (secondary N) is 3. The fraction of sp³-hybridized carbons (Fsp3) is 0.257. The van der Waals surface area contributed by atoms with E-state index in [2.05, 4.69) is 38.8 Å². The van der Waals surface area contributed by atoms with Gasteiger partial charge in [-0.1, -0.05) is 75.1 Å². The molecule has 0 spiro atoms. The molecule has 16 heteroatoms. The summed E-state index contributed by atoms with van der Waals surface area (Å²) in [6.45, 7) is 1.05. The summed E-state index contributed by atoms with van der Waals surface area (Å²) in [6.07, 6.45) is 2.95. The van der Waals surface area contributed by atoms with E-state index >= 15 is 0 Å². The second-order valence-corrected chi connectivity index (χ2v) is 20.7. The number of hydrogen-bond acceptors (Lipinski definition) is 7. The fourth-order valence-electron chi connectivity index (χ4n) is 5.35. The van der Waals surface area contributed by atoms with Crippen LogP contribution in [-0.4, -0.2) is 58.3 Å². The van der Waals surface area contributed by atoms with E-state index in [0.29, 0.717) is 29.7 Å². The minimum Gasteiger partial charge on any atom is -0.480 e. The summed E-state index contributed by atoms with van der Waals surface area (Å²) in [6, 6.07) is 19.7. The van der Waals surface area contributed by atoms with Gasteiger partial charge in [0.15, 0.2) is 11.8 Å². The topological polar surface area (TPSA) is 164 Å². The molecule has 8 atom stereocenters. The van der Waals surface area contributed by atoms with Crippen LogP contribution >= 0.6 is 44.9 Å². The van der Waals surface area contributed by atoms with Crippen LogP contribution in [0.15, 0.2) is 91.3 Å². The molecule has 1 heterocycles. The molecule has 0 aliphatic rings. The lowest BCUT2D eigenvalue weighted by Gasteiger charge is -2.25. The number of carbonyl (C=O) groups is 5. The number of rotatable bonds is 18. The van der Waals surface area contributed by atoms with E-state index in [4.69, 9.17) is 16.1 Å². The van der Waals surface area contributed by atoms with Crippen molar-refractivity contribution >= 4 is 85.2 Å². The maximum Gasteiger partial charge on any atom is 0.328 e.